The monoisotopic (exact) mass is 398 g/mol. The molecule has 1 fully saturated rings. The van der Waals surface area contributed by atoms with Gasteiger partial charge >= 0.3 is 0 Å². The first-order chi connectivity index (χ1) is 12.2. The van der Waals surface area contributed by atoms with E-state index >= 15 is 0 Å². The van der Waals surface area contributed by atoms with E-state index in [1.165, 1.54) is 30.3 Å². The zero-order valence-electron chi connectivity index (χ0n) is 14.1. The van der Waals surface area contributed by atoms with Crippen LogP contribution in [-0.4, -0.2) is 22.9 Å². The lowest BCUT2D eigenvalue weighted by Gasteiger charge is -2.09. The summed E-state index contributed by atoms with van der Waals surface area (Å²) in [6, 6.07) is 9.44. The van der Waals surface area contributed by atoms with Crippen LogP contribution in [0.3, 0.4) is 0 Å². The van der Waals surface area contributed by atoms with Gasteiger partial charge in [0.15, 0.2) is 0 Å². The van der Waals surface area contributed by atoms with Crippen LogP contribution in [-0.2, 0) is 26.6 Å². The summed E-state index contributed by atoms with van der Waals surface area (Å²) in [5.41, 5.74) is 0.970. The van der Waals surface area contributed by atoms with Gasteiger partial charge in [-0.25, -0.2) is 30.7 Å². The molecule has 0 saturated heterocycles. The lowest BCUT2D eigenvalue weighted by atomic mass is 10.1. The fourth-order valence-electron chi connectivity index (χ4n) is 2.29. The van der Waals surface area contributed by atoms with Crippen LogP contribution in [0.5, 0.6) is 0 Å². The van der Waals surface area contributed by atoms with Crippen molar-refractivity contribution in [1.82, 2.24) is 9.44 Å². The highest BCUT2D eigenvalue weighted by atomic mass is 32.2. The second-order valence-electron chi connectivity index (χ2n) is 6.28. The molecule has 3 rings (SSSR count). The average Bonchev–Trinajstić information content (AvgIpc) is 3.39. The Hall–Kier alpha value is -1.81. The van der Waals surface area contributed by atoms with Gasteiger partial charge in [-0.15, -0.1) is 0 Å². The molecule has 2 N–H and O–H groups in total. The summed E-state index contributed by atoms with van der Waals surface area (Å²) in [7, 11) is -7.47. The van der Waals surface area contributed by atoms with Gasteiger partial charge in [-0.05, 0) is 61.2 Å². The largest absolute Gasteiger partial charge is 0.240 e. The first-order valence-electron chi connectivity index (χ1n) is 8.04. The number of sulfonamides is 2. The fourth-order valence-corrected chi connectivity index (χ4v) is 4.62. The predicted octanol–water partition coefficient (Wildman–Crippen LogP) is 2.05. The molecule has 0 spiro atoms. The smallest absolute Gasteiger partial charge is 0.208 e. The summed E-state index contributed by atoms with van der Waals surface area (Å²) in [6.07, 6.45) is 1.63. The van der Waals surface area contributed by atoms with E-state index in [1.54, 1.807) is 19.1 Å². The van der Waals surface area contributed by atoms with Crippen LogP contribution >= 0.6 is 0 Å². The van der Waals surface area contributed by atoms with Crippen LogP contribution in [0, 0.1) is 12.7 Å². The van der Waals surface area contributed by atoms with Crippen molar-refractivity contribution in [2.75, 3.05) is 0 Å². The molecular formula is C17H19FN2O4S2. The molecule has 0 aliphatic heterocycles. The lowest BCUT2D eigenvalue weighted by Crippen LogP contribution is -2.26. The highest BCUT2D eigenvalue weighted by Gasteiger charge is 2.28. The van der Waals surface area contributed by atoms with Crippen molar-refractivity contribution >= 4 is 20.0 Å². The Balaban J connectivity index is 1.71. The third-order valence-electron chi connectivity index (χ3n) is 4.05. The minimum absolute atomic E-state index is 0.0176. The second-order valence-corrected chi connectivity index (χ2v) is 9.76. The van der Waals surface area contributed by atoms with Crippen molar-refractivity contribution in [1.29, 1.82) is 0 Å². The van der Waals surface area contributed by atoms with E-state index in [0.717, 1.165) is 12.8 Å². The van der Waals surface area contributed by atoms with Gasteiger partial charge in [-0.2, -0.15) is 0 Å². The van der Waals surface area contributed by atoms with E-state index in [9.17, 15) is 21.2 Å². The van der Waals surface area contributed by atoms with Crippen molar-refractivity contribution in [2.24, 2.45) is 0 Å². The van der Waals surface area contributed by atoms with Crippen molar-refractivity contribution in [3.8, 4) is 0 Å². The van der Waals surface area contributed by atoms with Crippen LogP contribution in [0.15, 0.2) is 52.3 Å². The minimum Gasteiger partial charge on any atom is -0.208 e. The molecule has 2 aromatic carbocycles. The van der Waals surface area contributed by atoms with E-state index < -0.39 is 25.9 Å². The van der Waals surface area contributed by atoms with Gasteiger partial charge in [0.2, 0.25) is 20.0 Å². The molecule has 0 bridgehead atoms. The van der Waals surface area contributed by atoms with Gasteiger partial charge in [0.05, 0.1) is 9.79 Å². The van der Waals surface area contributed by atoms with Crippen molar-refractivity contribution < 1.29 is 21.2 Å². The van der Waals surface area contributed by atoms with E-state index in [1.807, 2.05) is 0 Å². The van der Waals surface area contributed by atoms with Gasteiger partial charge < -0.3 is 0 Å². The average molecular weight is 398 g/mol. The molecule has 9 heteroatoms. The van der Waals surface area contributed by atoms with Crippen molar-refractivity contribution in [3.63, 3.8) is 0 Å². The molecule has 2 aromatic rings. The van der Waals surface area contributed by atoms with Gasteiger partial charge in [0.25, 0.3) is 0 Å². The topological polar surface area (TPSA) is 92.3 Å². The molecule has 26 heavy (non-hydrogen) atoms. The summed E-state index contributed by atoms with van der Waals surface area (Å²) >= 11 is 0. The van der Waals surface area contributed by atoms with Crippen LogP contribution in [0.2, 0.25) is 0 Å². The molecule has 0 amide bonds. The Morgan fingerprint density at radius 1 is 0.962 bits per heavy atom. The number of benzene rings is 2. The zero-order chi connectivity index (χ0) is 18.9. The molecule has 140 valence electrons. The number of aryl methyl sites for hydroxylation is 1. The van der Waals surface area contributed by atoms with Crippen LogP contribution in [0.25, 0.3) is 0 Å². The Bertz CT molecular complexity index is 1020. The molecule has 0 atom stereocenters. The van der Waals surface area contributed by atoms with Gasteiger partial charge in [0.1, 0.15) is 5.82 Å². The van der Waals surface area contributed by atoms with Crippen LogP contribution < -0.4 is 9.44 Å². The third-order valence-corrected chi connectivity index (χ3v) is 7.00. The third kappa shape index (κ3) is 4.47. The first kappa shape index (κ1) is 19.0. The number of nitrogens with one attached hydrogen (secondary N) is 2. The number of rotatable bonds is 7. The number of hydrogen-bond acceptors (Lipinski definition) is 4. The standard InChI is InChI=1S/C17H19FN2O4S2/c1-12-2-3-13(10-17(12)18)11-19-25(21,22)15-6-8-16(9-7-15)26(23,24)20-14-4-5-14/h2-3,6-10,14,19-20H,4-5,11H2,1H3. The van der Waals surface area contributed by atoms with E-state index in [-0.39, 0.29) is 22.4 Å². The Kier molecular flexibility index (Phi) is 5.16. The molecular weight excluding hydrogens is 379 g/mol. The van der Waals surface area contributed by atoms with E-state index in [2.05, 4.69) is 9.44 Å². The predicted molar refractivity (Wildman–Crippen MR) is 94.9 cm³/mol. The highest BCUT2D eigenvalue weighted by Crippen LogP contribution is 2.23. The summed E-state index contributed by atoms with van der Waals surface area (Å²) in [5.74, 6) is -0.403. The minimum atomic E-state index is -3.84. The van der Waals surface area contributed by atoms with Crippen LogP contribution in [0.4, 0.5) is 4.39 Å². The van der Waals surface area contributed by atoms with Crippen LogP contribution in [0.1, 0.15) is 24.0 Å². The molecule has 1 saturated carbocycles. The maximum Gasteiger partial charge on any atom is 0.240 e. The second kappa shape index (κ2) is 7.07. The number of hydrogen-bond donors (Lipinski definition) is 2. The molecule has 0 unspecified atom stereocenters. The normalized spacial score (nSPS) is 15.2. The molecule has 1 aliphatic rings. The van der Waals surface area contributed by atoms with E-state index in [4.69, 9.17) is 0 Å². The Labute approximate surface area is 152 Å². The lowest BCUT2D eigenvalue weighted by molar-refractivity contribution is 0.576. The molecule has 0 aromatic heterocycles. The highest BCUT2D eigenvalue weighted by molar-refractivity contribution is 7.90. The molecule has 0 radical (unpaired) electrons. The summed E-state index contributed by atoms with van der Waals surface area (Å²) in [5, 5.41) is 0. The quantitative estimate of drug-likeness (QED) is 0.747. The van der Waals surface area contributed by atoms with Gasteiger partial charge in [0, 0.05) is 12.6 Å². The maximum atomic E-state index is 13.5. The fraction of sp³-hybridized carbons (Fsp3) is 0.294. The molecule has 6 nitrogen and oxygen atoms in total. The zero-order valence-corrected chi connectivity index (χ0v) is 15.7. The molecule has 0 heterocycles. The van der Waals surface area contributed by atoms with Crippen molar-refractivity contribution in [3.05, 3.63) is 59.4 Å². The first-order valence-corrected chi connectivity index (χ1v) is 11.0. The summed E-state index contributed by atoms with van der Waals surface area (Å²) in [6.45, 7) is 1.56. The van der Waals surface area contributed by atoms with Gasteiger partial charge in [-0.3, -0.25) is 0 Å². The SMILES string of the molecule is Cc1ccc(CNS(=O)(=O)c2ccc(S(=O)(=O)NC3CC3)cc2)cc1F. The molecule has 1 aliphatic carbocycles. The van der Waals surface area contributed by atoms with Gasteiger partial charge in [-0.1, -0.05) is 12.1 Å². The maximum absolute atomic E-state index is 13.5. The van der Waals surface area contributed by atoms with E-state index in [0.29, 0.717) is 11.1 Å². The summed E-state index contributed by atoms with van der Waals surface area (Å²) < 4.78 is 67.3. The van der Waals surface area contributed by atoms with Crippen molar-refractivity contribution in [2.45, 2.75) is 42.1 Å². The summed E-state index contributed by atoms with van der Waals surface area (Å²) in [4.78, 5) is -0.0422. The number of halogens is 1. The Morgan fingerprint density at radius 2 is 1.54 bits per heavy atom. The Morgan fingerprint density at radius 3 is 2.08 bits per heavy atom.